The van der Waals surface area contributed by atoms with Crippen molar-refractivity contribution in [3.05, 3.63) is 176 Å². The molecule has 10 rings (SSSR count). The minimum atomic E-state index is -4.75. The highest BCUT2D eigenvalue weighted by atomic mass is 35.5. The van der Waals surface area contributed by atoms with Crippen LogP contribution in [0.15, 0.2) is 143 Å². The van der Waals surface area contributed by atoms with Gasteiger partial charge in [0, 0.05) is 46.9 Å². The Morgan fingerprint density at radius 1 is 0.652 bits per heavy atom. The number of amides is 2. The Balaban J connectivity index is 0.000000204. The number of para-hydroxylation sites is 2. The SMILES string of the molecule is CC[C@H]1S[C@@H](n2ccc(NC(=O)c3ccccc3)nc2=O)[C@@H](F)[C@@H]1OP(=O)(O)Oc1ccccc1Cl.CC[C@H]1S[C@@H](n2ccc(NC(=O)c3ccccc3)nc2=O)[C@@H](F)[C@@H]1OP(=O)(OC[C@H]1O[C@@H](C)C[C@@H]1O)Oc1ccccc1Cl.C[C@H]1C[C@H](O)[C@@H](CO)O1. The molecule has 2 aromatic heterocycles. The summed E-state index contributed by atoms with van der Waals surface area (Å²) in [5.74, 6) is -0.961. The summed E-state index contributed by atoms with van der Waals surface area (Å²) in [6, 6.07) is 31.8. The van der Waals surface area contributed by atoms with E-state index >= 15 is 8.78 Å². The number of phosphoric ester groups is 2. The minimum Gasteiger partial charge on any atom is -0.403 e. The average molecular weight is 1350 g/mol. The standard InChI is InChI=1S/C29H32ClFN3O8PS.C23H22ClFN3O6PS.C6H12O3/c1-3-23-26(42-43(38,41-21-12-8-7-11-19(21)30)39-16-22-20(35)15-17(2)40-22)25(31)28(44-23)34-14-13-24(33-29(34)37)32-27(36)18-9-5-4-6-10-18;1-2-17-20(34-35(31,32)33-16-11-7-6-10-15(16)24)19(25)22(36-17)28-13-12-18(27-23(28)30)26-21(29)14-8-4-3-5-9-14;1-4-2-5(8)6(3-7)9-4/h4-14,17,20,22-23,25-26,28,35H,3,15-16H2,1-2H3,(H,32,33,36,37);3-13,17,19-20,22H,2H2,1H3,(H,31,32)(H,26,27,29,30);4-8H,2-3H2,1H3/t17-,20-,22+,23+,25-,26+,28+,43?;17-,19+,20-,22-;4-,5-,6+/m010/s1. The molecule has 2 unspecified atom stereocenters. The number of aliphatic hydroxyl groups excluding tert-OH is 3. The number of anilines is 2. The van der Waals surface area contributed by atoms with Crippen LogP contribution in [0.25, 0.3) is 0 Å². The topological polar surface area (TPSA) is 308 Å². The molecule has 0 saturated carbocycles. The van der Waals surface area contributed by atoms with Crippen molar-refractivity contribution in [3.8, 4) is 11.5 Å². The van der Waals surface area contributed by atoms with Crippen molar-refractivity contribution in [3.63, 3.8) is 0 Å². The lowest BCUT2D eigenvalue weighted by molar-refractivity contribution is -0.0240. The maximum atomic E-state index is 16.2. The van der Waals surface area contributed by atoms with Crippen molar-refractivity contribution in [1.29, 1.82) is 0 Å². The van der Waals surface area contributed by atoms with Crippen molar-refractivity contribution in [2.75, 3.05) is 23.8 Å². The number of aromatic nitrogens is 4. The van der Waals surface area contributed by atoms with Crippen LogP contribution >= 0.6 is 62.4 Å². The summed E-state index contributed by atoms with van der Waals surface area (Å²) in [6.07, 6.45) is -4.49. The first-order valence-electron chi connectivity index (χ1n) is 28.1. The molecule has 4 fully saturated rings. The summed E-state index contributed by atoms with van der Waals surface area (Å²) in [5.41, 5.74) is -0.818. The molecule has 0 spiro atoms. The normalized spacial score (nSPS) is 27.6. The molecule has 6 N–H and O–H groups in total. The highest BCUT2D eigenvalue weighted by molar-refractivity contribution is 8.00. The molecule has 4 aliphatic heterocycles. The summed E-state index contributed by atoms with van der Waals surface area (Å²) in [6.45, 7) is 6.82. The van der Waals surface area contributed by atoms with E-state index in [0.29, 0.717) is 36.8 Å². The van der Waals surface area contributed by atoms with Gasteiger partial charge in [0.2, 0.25) is 0 Å². The van der Waals surface area contributed by atoms with Crippen molar-refractivity contribution >= 4 is 85.8 Å². The number of nitrogens with one attached hydrogen (secondary N) is 2. The number of carbonyl (C=O) groups excluding carboxylic acids is 2. The Morgan fingerprint density at radius 2 is 1.07 bits per heavy atom. The van der Waals surface area contributed by atoms with Gasteiger partial charge >= 0.3 is 27.0 Å². The maximum absolute atomic E-state index is 16.2. The van der Waals surface area contributed by atoms with E-state index in [1.165, 1.54) is 48.8 Å². The van der Waals surface area contributed by atoms with E-state index in [0.717, 1.165) is 32.7 Å². The van der Waals surface area contributed by atoms with Crippen LogP contribution in [0.4, 0.5) is 20.4 Å². The average Bonchev–Trinajstić information content (AvgIpc) is 1.78. The minimum absolute atomic E-state index is 0.00188. The van der Waals surface area contributed by atoms with E-state index in [1.54, 1.807) is 106 Å². The smallest absolute Gasteiger partial charge is 0.403 e. The van der Waals surface area contributed by atoms with Crippen LogP contribution in [0, 0.1) is 0 Å². The maximum Gasteiger partial charge on any atom is 0.530 e. The van der Waals surface area contributed by atoms with Gasteiger partial charge in [-0.2, -0.15) is 9.97 Å². The molecule has 4 aromatic carbocycles. The molecule has 0 aliphatic carbocycles. The molecule has 4 aliphatic rings. The number of benzene rings is 4. The third-order valence-corrected chi connectivity index (χ3v) is 20.5. The van der Waals surface area contributed by atoms with Crippen LogP contribution < -0.4 is 31.1 Å². The molecule has 4 saturated heterocycles. The number of alkyl halides is 2. The van der Waals surface area contributed by atoms with Crippen LogP contribution in [-0.4, -0.2) is 136 Å². The summed E-state index contributed by atoms with van der Waals surface area (Å²) < 4.78 is 98.7. The quantitative estimate of drug-likeness (QED) is 0.0387. The number of carbonyl (C=O) groups is 2. The fourth-order valence-electron chi connectivity index (χ4n) is 9.69. The summed E-state index contributed by atoms with van der Waals surface area (Å²) >= 11 is 14.4. The van der Waals surface area contributed by atoms with E-state index in [-0.39, 0.29) is 64.7 Å². The van der Waals surface area contributed by atoms with Crippen LogP contribution in [0.5, 0.6) is 11.5 Å². The molecule has 0 bridgehead atoms. The van der Waals surface area contributed by atoms with Crippen molar-refractivity contribution < 1.29 is 79.8 Å². The van der Waals surface area contributed by atoms with E-state index in [9.17, 15) is 38.3 Å². The van der Waals surface area contributed by atoms with Gasteiger partial charge in [-0.3, -0.25) is 37.2 Å². The Morgan fingerprint density at radius 3 is 1.46 bits per heavy atom. The van der Waals surface area contributed by atoms with E-state index in [1.807, 2.05) is 6.92 Å². The lowest BCUT2D eigenvalue weighted by atomic mass is 10.1. The van der Waals surface area contributed by atoms with Crippen LogP contribution in [0.2, 0.25) is 10.0 Å². The van der Waals surface area contributed by atoms with E-state index in [4.69, 9.17) is 65.5 Å². The highest BCUT2D eigenvalue weighted by Crippen LogP contribution is 2.58. The van der Waals surface area contributed by atoms with Gasteiger partial charge in [-0.05, 0) is 87.4 Å². The largest absolute Gasteiger partial charge is 0.530 e. The monoisotopic (exact) mass is 1350 g/mol. The number of rotatable bonds is 20. The molecular formula is C58H66Cl2F2N6O17P2S2. The molecular weight excluding hydrogens is 1290 g/mol. The molecule has 16 atom stereocenters. The molecule has 31 heteroatoms. The molecule has 89 heavy (non-hydrogen) atoms. The Hall–Kier alpha value is -5.58. The summed E-state index contributed by atoms with van der Waals surface area (Å²) in [7, 11) is -9.32. The van der Waals surface area contributed by atoms with Gasteiger partial charge in [-0.1, -0.05) is 97.7 Å². The van der Waals surface area contributed by atoms with Crippen LogP contribution in [0.1, 0.15) is 84.8 Å². The lowest BCUT2D eigenvalue weighted by Crippen LogP contribution is -2.35. The summed E-state index contributed by atoms with van der Waals surface area (Å²) in [4.78, 5) is 68.5. The van der Waals surface area contributed by atoms with Gasteiger partial charge in [0.25, 0.3) is 11.8 Å². The lowest BCUT2D eigenvalue weighted by Gasteiger charge is -2.27. The van der Waals surface area contributed by atoms with Crippen molar-refractivity contribution in [2.45, 2.75) is 136 Å². The zero-order valence-electron chi connectivity index (χ0n) is 48.1. The Bertz CT molecular complexity index is 3580. The zero-order chi connectivity index (χ0) is 64.2. The highest BCUT2D eigenvalue weighted by Gasteiger charge is 2.52. The van der Waals surface area contributed by atoms with Gasteiger partial charge in [-0.25, -0.2) is 27.5 Å². The second-order valence-electron chi connectivity index (χ2n) is 20.6. The predicted octanol–water partition coefficient (Wildman–Crippen LogP) is 10.2. The fraction of sp³-hybridized carbons (Fsp3) is 0.414. The number of aliphatic hydroxyl groups is 3. The first kappa shape index (κ1) is 69.3. The third kappa shape index (κ3) is 18.4. The van der Waals surface area contributed by atoms with E-state index < -0.39 is 103 Å². The van der Waals surface area contributed by atoms with Gasteiger partial charge in [0.1, 0.15) is 58.3 Å². The number of hydrogen-bond acceptors (Lipinski definition) is 20. The number of nitrogens with zero attached hydrogens (tertiary/aromatic N) is 4. The number of phosphoric acid groups is 2. The molecule has 2 amide bonds. The molecule has 0 radical (unpaired) electrons. The van der Waals surface area contributed by atoms with Gasteiger partial charge in [-0.15, -0.1) is 23.5 Å². The van der Waals surface area contributed by atoms with Gasteiger partial charge in [0.05, 0.1) is 47.7 Å². The zero-order valence-corrected chi connectivity index (χ0v) is 53.1. The summed E-state index contributed by atoms with van der Waals surface area (Å²) in [5, 5.41) is 30.0. The fourth-order valence-corrected chi connectivity index (χ4v) is 15.8. The second-order valence-corrected chi connectivity index (χ2v) is 27.0. The number of thioether (sulfide) groups is 2. The van der Waals surface area contributed by atoms with Crippen molar-refractivity contribution in [1.82, 2.24) is 19.1 Å². The first-order chi connectivity index (χ1) is 42.5. The first-order valence-corrected chi connectivity index (χ1v) is 33.7. The Labute approximate surface area is 528 Å². The number of ether oxygens (including phenoxy) is 2. The third-order valence-electron chi connectivity index (χ3n) is 14.1. The van der Waals surface area contributed by atoms with Gasteiger partial charge in [0.15, 0.2) is 12.3 Å². The van der Waals surface area contributed by atoms with Crippen LogP contribution in [-0.2, 0) is 32.2 Å². The predicted molar refractivity (Wildman–Crippen MR) is 331 cm³/mol. The molecule has 6 heterocycles. The molecule has 6 aromatic rings. The molecule has 480 valence electrons. The number of hydrogen-bond donors (Lipinski definition) is 6. The molecule has 23 nitrogen and oxygen atoms in total. The van der Waals surface area contributed by atoms with Gasteiger partial charge < -0.3 is 44.5 Å². The number of halogens is 4. The van der Waals surface area contributed by atoms with Crippen LogP contribution in [0.3, 0.4) is 0 Å². The second kappa shape index (κ2) is 31.6. The van der Waals surface area contributed by atoms with Crippen molar-refractivity contribution in [2.24, 2.45) is 0 Å². The Kier molecular flexibility index (Phi) is 24.6. The van der Waals surface area contributed by atoms with E-state index in [2.05, 4.69) is 20.6 Å².